The average Bonchev–Trinajstić information content (AvgIpc) is 3.30. The molecule has 0 amide bonds. The van der Waals surface area contributed by atoms with E-state index in [9.17, 15) is 8.42 Å². The number of rotatable bonds is 6. The zero-order chi connectivity index (χ0) is 14.7. The van der Waals surface area contributed by atoms with E-state index >= 15 is 0 Å². The molecule has 116 valence electrons. The van der Waals surface area contributed by atoms with Crippen molar-refractivity contribution in [2.75, 3.05) is 13.2 Å². The molecule has 0 bridgehead atoms. The second kappa shape index (κ2) is 6.34. The number of hydrogen-bond donors (Lipinski definition) is 2. The quantitative estimate of drug-likeness (QED) is 0.838. The van der Waals surface area contributed by atoms with Crippen molar-refractivity contribution in [1.82, 2.24) is 10.0 Å². The first-order chi connectivity index (χ1) is 10.1. The standard InChI is InChI=1S/C15H22N2O3S/c18-21(19,17-12-8-9-12)15-7-2-1-6-14(15)20-11-13-5-3-4-10-16-13/h1-2,6-7,12-13,16-17H,3-5,8-11H2. The van der Waals surface area contributed by atoms with Crippen molar-refractivity contribution < 1.29 is 13.2 Å². The van der Waals surface area contributed by atoms with Gasteiger partial charge in [-0.25, -0.2) is 13.1 Å². The van der Waals surface area contributed by atoms with E-state index in [1.54, 1.807) is 24.3 Å². The van der Waals surface area contributed by atoms with Crippen LogP contribution in [0.25, 0.3) is 0 Å². The zero-order valence-corrected chi connectivity index (χ0v) is 12.9. The number of para-hydroxylation sites is 1. The molecule has 1 aromatic carbocycles. The lowest BCUT2D eigenvalue weighted by Gasteiger charge is -2.24. The first-order valence-electron chi connectivity index (χ1n) is 7.63. The molecule has 2 fully saturated rings. The normalized spacial score (nSPS) is 23.0. The number of piperidine rings is 1. The van der Waals surface area contributed by atoms with Crippen LogP contribution in [0.15, 0.2) is 29.2 Å². The molecule has 5 nitrogen and oxygen atoms in total. The highest BCUT2D eigenvalue weighted by atomic mass is 32.2. The predicted octanol–water partition coefficient (Wildman–Crippen LogP) is 1.65. The van der Waals surface area contributed by atoms with Gasteiger partial charge in [0.1, 0.15) is 17.3 Å². The van der Waals surface area contributed by atoms with Crippen molar-refractivity contribution in [3.63, 3.8) is 0 Å². The summed E-state index contributed by atoms with van der Waals surface area (Å²) in [5, 5.41) is 3.40. The van der Waals surface area contributed by atoms with E-state index in [1.807, 2.05) is 0 Å². The third kappa shape index (κ3) is 3.96. The van der Waals surface area contributed by atoms with Gasteiger partial charge in [-0.2, -0.15) is 0 Å². The van der Waals surface area contributed by atoms with Gasteiger partial charge in [-0.05, 0) is 44.4 Å². The van der Waals surface area contributed by atoms with Crippen molar-refractivity contribution in [2.45, 2.75) is 49.1 Å². The maximum Gasteiger partial charge on any atom is 0.244 e. The molecule has 0 spiro atoms. The van der Waals surface area contributed by atoms with Crippen molar-refractivity contribution in [3.05, 3.63) is 24.3 Å². The SMILES string of the molecule is O=S(=O)(NC1CC1)c1ccccc1OCC1CCCCN1. The lowest BCUT2D eigenvalue weighted by molar-refractivity contribution is 0.234. The Hall–Kier alpha value is -1.11. The Balaban J connectivity index is 1.69. The van der Waals surface area contributed by atoms with E-state index in [0.29, 0.717) is 18.4 Å². The fraction of sp³-hybridized carbons (Fsp3) is 0.600. The topological polar surface area (TPSA) is 67.4 Å². The third-order valence-electron chi connectivity index (χ3n) is 3.89. The van der Waals surface area contributed by atoms with Gasteiger partial charge in [0.05, 0.1) is 0 Å². The van der Waals surface area contributed by atoms with Gasteiger partial charge in [0.2, 0.25) is 10.0 Å². The van der Waals surface area contributed by atoms with Gasteiger partial charge in [0, 0.05) is 12.1 Å². The van der Waals surface area contributed by atoms with E-state index in [2.05, 4.69) is 10.0 Å². The molecule has 0 radical (unpaired) electrons. The summed E-state index contributed by atoms with van der Waals surface area (Å²) in [6.45, 7) is 1.52. The molecule has 2 aliphatic rings. The lowest BCUT2D eigenvalue weighted by atomic mass is 10.1. The molecule has 1 atom stereocenters. The Bertz CT molecular complexity index is 578. The molecule has 1 aromatic rings. The molecule has 1 aliphatic heterocycles. The molecule has 1 saturated heterocycles. The molecule has 6 heteroatoms. The van der Waals surface area contributed by atoms with Crippen LogP contribution in [0.5, 0.6) is 5.75 Å². The van der Waals surface area contributed by atoms with Crippen LogP contribution in [-0.2, 0) is 10.0 Å². The predicted molar refractivity (Wildman–Crippen MR) is 80.9 cm³/mol. The monoisotopic (exact) mass is 310 g/mol. The van der Waals surface area contributed by atoms with E-state index in [1.165, 1.54) is 12.8 Å². The summed E-state index contributed by atoms with van der Waals surface area (Å²) in [5.41, 5.74) is 0. The first-order valence-corrected chi connectivity index (χ1v) is 9.11. The Kier molecular flexibility index (Phi) is 4.47. The third-order valence-corrected chi connectivity index (χ3v) is 5.45. The Morgan fingerprint density at radius 3 is 2.71 bits per heavy atom. The smallest absolute Gasteiger partial charge is 0.244 e. The molecule has 1 heterocycles. The maximum atomic E-state index is 12.3. The van der Waals surface area contributed by atoms with Crippen molar-refractivity contribution >= 4 is 10.0 Å². The maximum absolute atomic E-state index is 12.3. The fourth-order valence-corrected chi connectivity index (χ4v) is 3.98. The van der Waals surface area contributed by atoms with E-state index in [-0.39, 0.29) is 10.9 Å². The lowest BCUT2D eigenvalue weighted by Crippen LogP contribution is -2.38. The molecule has 3 rings (SSSR count). The van der Waals surface area contributed by atoms with Gasteiger partial charge in [-0.1, -0.05) is 18.6 Å². The molecule has 2 N–H and O–H groups in total. The summed E-state index contributed by atoms with van der Waals surface area (Å²) in [6, 6.07) is 7.28. The summed E-state index contributed by atoms with van der Waals surface area (Å²) in [6.07, 6.45) is 5.33. The number of hydrogen-bond acceptors (Lipinski definition) is 4. The molecule has 1 unspecified atom stereocenters. The number of benzene rings is 1. The van der Waals surface area contributed by atoms with Crippen molar-refractivity contribution in [2.24, 2.45) is 0 Å². The van der Waals surface area contributed by atoms with Gasteiger partial charge >= 0.3 is 0 Å². The summed E-state index contributed by atoms with van der Waals surface area (Å²) in [5.74, 6) is 0.443. The van der Waals surface area contributed by atoms with Crippen LogP contribution in [0.2, 0.25) is 0 Å². The van der Waals surface area contributed by atoms with Gasteiger partial charge < -0.3 is 10.1 Å². The highest BCUT2D eigenvalue weighted by Crippen LogP contribution is 2.27. The summed E-state index contributed by atoms with van der Waals surface area (Å²) >= 11 is 0. The van der Waals surface area contributed by atoms with Gasteiger partial charge in [-0.15, -0.1) is 0 Å². The Morgan fingerprint density at radius 1 is 1.19 bits per heavy atom. The summed E-state index contributed by atoms with van der Waals surface area (Å²) in [7, 11) is -3.48. The number of nitrogens with one attached hydrogen (secondary N) is 2. The van der Waals surface area contributed by atoms with E-state index in [4.69, 9.17) is 4.74 Å². The Morgan fingerprint density at radius 2 is 2.00 bits per heavy atom. The van der Waals surface area contributed by atoms with Crippen LogP contribution in [0, 0.1) is 0 Å². The highest BCUT2D eigenvalue weighted by molar-refractivity contribution is 7.89. The van der Waals surface area contributed by atoms with Gasteiger partial charge in [-0.3, -0.25) is 0 Å². The van der Waals surface area contributed by atoms with Crippen LogP contribution >= 0.6 is 0 Å². The van der Waals surface area contributed by atoms with E-state index < -0.39 is 10.0 Å². The molecular formula is C15H22N2O3S. The van der Waals surface area contributed by atoms with E-state index in [0.717, 1.165) is 25.8 Å². The minimum absolute atomic E-state index is 0.100. The molecule has 1 saturated carbocycles. The number of sulfonamides is 1. The van der Waals surface area contributed by atoms with Crippen LogP contribution in [0.1, 0.15) is 32.1 Å². The molecule has 0 aromatic heterocycles. The van der Waals surface area contributed by atoms with Crippen LogP contribution < -0.4 is 14.8 Å². The van der Waals surface area contributed by atoms with Gasteiger partial charge in [0.25, 0.3) is 0 Å². The zero-order valence-electron chi connectivity index (χ0n) is 12.0. The second-order valence-corrected chi connectivity index (χ2v) is 7.48. The van der Waals surface area contributed by atoms with Crippen molar-refractivity contribution in [1.29, 1.82) is 0 Å². The largest absolute Gasteiger partial charge is 0.491 e. The van der Waals surface area contributed by atoms with Crippen LogP contribution in [-0.4, -0.2) is 33.7 Å². The van der Waals surface area contributed by atoms with Gasteiger partial charge in [0.15, 0.2) is 0 Å². The van der Waals surface area contributed by atoms with Crippen LogP contribution in [0.3, 0.4) is 0 Å². The minimum atomic E-state index is -3.48. The number of ether oxygens (including phenoxy) is 1. The minimum Gasteiger partial charge on any atom is -0.491 e. The summed E-state index contributed by atoms with van der Waals surface area (Å²) < 4.78 is 33.2. The average molecular weight is 310 g/mol. The molecular weight excluding hydrogens is 288 g/mol. The van der Waals surface area contributed by atoms with Crippen molar-refractivity contribution in [3.8, 4) is 5.75 Å². The fourth-order valence-electron chi connectivity index (χ4n) is 2.53. The van der Waals surface area contributed by atoms with Crippen LogP contribution in [0.4, 0.5) is 0 Å². The molecule has 1 aliphatic carbocycles. The second-order valence-electron chi connectivity index (χ2n) is 5.80. The first kappa shape index (κ1) is 14.8. The Labute approximate surface area is 126 Å². The highest BCUT2D eigenvalue weighted by Gasteiger charge is 2.29. The molecule has 21 heavy (non-hydrogen) atoms. The summed E-state index contributed by atoms with van der Waals surface area (Å²) in [4.78, 5) is 0.243.